The van der Waals surface area contributed by atoms with Gasteiger partial charge in [0.1, 0.15) is 11.3 Å². The zero-order valence-electron chi connectivity index (χ0n) is 18.9. The van der Waals surface area contributed by atoms with Crippen LogP contribution in [0.2, 0.25) is 0 Å². The van der Waals surface area contributed by atoms with Gasteiger partial charge in [0.25, 0.3) is 5.91 Å². The van der Waals surface area contributed by atoms with Gasteiger partial charge in [-0.05, 0) is 49.6 Å². The smallest absolute Gasteiger partial charge is 0.259 e. The van der Waals surface area contributed by atoms with Gasteiger partial charge >= 0.3 is 0 Å². The highest BCUT2D eigenvalue weighted by atomic mass is 16.3. The molecule has 0 aliphatic heterocycles. The highest BCUT2D eigenvalue weighted by Crippen LogP contribution is 2.17. The summed E-state index contributed by atoms with van der Waals surface area (Å²) < 4.78 is 7.43. The van der Waals surface area contributed by atoms with Crippen molar-refractivity contribution in [3.8, 4) is 0 Å². The Morgan fingerprint density at radius 1 is 1.03 bits per heavy atom. The monoisotopic (exact) mass is 441 g/mol. The van der Waals surface area contributed by atoms with Crippen molar-refractivity contribution in [2.45, 2.75) is 32.9 Å². The van der Waals surface area contributed by atoms with Crippen molar-refractivity contribution in [2.75, 3.05) is 7.05 Å². The second kappa shape index (κ2) is 10.1. The number of amides is 1. The van der Waals surface area contributed by atoms with Crippen LogP contribution in [-0.4, -0.2) is 27.4 Å². The summed E-state index contributed by atoms with van der Waals surface area (Å²) in [5.41, 5.74) is 3.50. The van der Waals surface area contributed by atoms with E-state index in [4.69, 9.17) is 4.42 Å². The lowest BCUT2D eigenvalue weighted by Gasteiger charge is -2.23. The molecule has 4 rings (SSSR count). The highest BCUT2D eigenvalue weighted by Gasteiger charge is 2.24. The van der Waals surface area contributed by atoms with Gasteiger partial charge in [-0.15, -0.1) is 0 Å². The number of furan rings is 1. The van der Waals surface area contributed by atoms with Crippen LogP contribution in [0.25, 0.3) is 0 Å². The van der Waals surface area contributed by atoms with Crippen molar-refractivity contribution >= 4 is 5.91 Å². The number of carbonyl (C=O) groups excluding carboxylic acids is 1. The van der Waals surface area contributed by atoms with E-state index in [2.05, 4.69) is 17.1 Å². The second-order valence-corrected chi connectivity index (χ2v) is 8.11. The van der Waals surface area contributed by atoms with Gasteiger partial charge in [0.2, 0.25) is 0 Å². The Morgan fingerprint density at radius 3 is 2.52 bits per heavy atom. The molecule has 0 spiro atoms. The summed E-state index contributed by atoms with van der Waals surface area (Å²) in [6, 6.07) is 21.0. The molecule has 0 fully saturated rings. The Labute approximate surface area is 193 Å². The molecule has 0 aliphatic carbocycles. The lowest BCUT2D eigenvalue weighted by molar-refractivity contribution is 0.0772. The van der Waals surface area contributed by atoms with E-state index in [-0.39, 0.29) is 23.4 Å². The van der Waals surface area contributed by atoms with E-state index in [1.165, 1.54) is 4.90 Å². The van der Waals surface area contributed by atoms with E-state index in [1.807, 2.05) is 54.0 Å². The van der Waals surface area contributed by atoms with Crippen LogP contribution in [0.4, 0.5) is 0 Å². The molecular formula is C27H27N3O3. The average Bonchev–Trinajstić information content (AvgIpc) is 3.33. The van der Waals surface area contributed by atoms with E-state index in [9.17, 15) is 9.59 Å². The van der Waals surface area contributed by atoms with Crippen molar-refractivity contribution < 1.29 is 9.21 Å². The van der Waals surface area contributed by atoms with Gasteiger partial charge < -0.3 is 13.9 Å². The number of rotatable bonds is 8. The molecule has 0 N–H and O–H groups in total. The van der Waals surface area contributed by atoms with E-state index in [0.29, 0.717) is 25.1 Å². The van der Waals surface area contributed by atoms with Crippen molar-refractivity contribution in [3.63, 3.8) is 0 Å². The summed E-state index contributed by atoms with van der Waals surface area (Å²) in [5, 5.41) is 0. The SMILES string of the molecule is Cc1cc(=O)c(C(=O)N(C)Cc2ccco2)c(CCc2ccccc2)n1Cc1ccccn1. The number of carbonyl (C=O) groups is 1. The predicted octanol–water partition coefficient (Wildman–Crippen LogP) is 4.25. The number of benzene rings is 1. The lowest BCUT2D eigenvalue weighted by atomic mass is 10.0. The zero-order valence-corrected chi connectivity index (χ0v) is 18.9. The average molecular weight is 442 g/mol. The Balaban J connectivity index is 1.75. The zero-order chi connectivity index (χ0) is 23.2. The predicted molar refractivity (Wildman–Crippen MR) is 127 cm³/mol. The van der Waals surface area contributed by atoms with E-state index >= 15 is 0 Å². The van der Waals surface area contributed by atoms with Crippen LogP contribution in [0, 0.1) is 6.92 Å². The van der Waals surface area contributed by atoms with Crippen LogP contribution in [0.3, 0.4) is 0 Å². The van der Waals surface area contributed by atoms with E-state index < -0.39 is 0 Å². The fourth-order valence-electron chi connectivity index (χ4n) is 4.00. The summed E-state index contributed by atoms with van der Waals surface area (Å²) in [5.74, 6) is 0.354. The molecule has 0 bridgehead atoms. The molecule has 0 saturated heterocycles. The van der Waals surface area contributed by atoms with Crippen molar-refractivity contribution in [1.82, 2.24) is 14.5 Å². The molecule has 1 aromatic carbocycles. The molecule has 6 nitrogen and oxygen atoms in total. The molecule has 0 saturated carbocycles. The van der Waals surface area contributed by atoms with Gasteiger partial charge in [-0.2, -0.15) is 0 Å². The van der Waals surface area contributed by atoms with Gasteiger partial charge in [-0.1, -0.05) is 36.4 Å². The maximum atomic E-state index is 13.5. The minimum absolute atomic E-state index is 0.210. The Kier molecular flexibility index (Phi) is 6.83. The fraction of sp³-hybridized carbons (Fsp3) is 0.222. The van der Waals surface area contributed by atoms with Gasteiger partial charge in [-0.25, -0.2) is 0 Å². The minimum Gasteiger partial charge on any atom is -0.467 e. The van der Waals surface area contributed by atoms with Gasteiger partial charge in [-0.3, -0.25) is 14.6 Å². The summed E-state index contributed by atoms with van der Waals surface area (Å²) in [6.07, 6.45) is 4.60. The first-order chi connectivity index (χ1) is 16.0. The molecule has 0 atom stereocenters. The molecule has 168 valence electrons. The standard InChI is InChI=1S/C27H27N3O3/c1-20-17-25(31)26(27(32)29(2)19-23-12-8-16-33-23)24(14-13-21-9-4-3-5-10-21)30(20)18-22-11-6-7-15-28-22/h3-12,15-17H,13-14,18-19H2,1-2H3. The second-order valence-electron chi connectivity index (χ2n) is 8.11. The van der Waals surface area contributed by atoms with Crippen molar-refractivity contribution in [1.29, 1.82) is 0 Å². The van der Waals surface area contributed by atoms with Crippen LogP contribution in [-0.2, 0) is 25.9 Å². The van der Waals surface area contributed by atoms with Gasteiger partial charge in [0.05, 0.1) is 25.0 Å². The number of hydrogen-bond donors (Lipinski definition) is 0. The maximum absolute atomic E-state index is 13.5. The first-order valence-corrected chi connectivity index (χ1v) is 11.0. The van der Waals surface area contributed by atoms with Crippen LogP contribution >= 0.6 is 0 Å². The molecule has 3 aromatic heterocycles. The molecule has 1 amide bonds. The van der Waals surface area contributed by atoms with Crippen LogP contribution in [0.1, 0.15) is 38.8 Å². The highest BCUT2D eigenvalue weighted by molar-refractivity contribution is 5.95. The molecule has 0 aliphatic rings. The third-order valence-electron chi connectivity index (χ3n) is 5.70. The first kappa shape index (κ1) is 22.3. The maximum Gasteiger partial charge on any atom is 0.259 e. The number of pyridine rings is 2. The number of nitrogens with zero attached hydrogens (tertiary/aromatic N) is 3. The third kappa shape index (κ3) is 5.29. The lowest BCUT2D eigenvalue weighted by Crippen LogP contribution is -2.34. The van der Waals surface area contributed by atoms with Crippen LogP contribution in [0.5, 0.6) is 0 Å². The normalized spacial score (nSPS) is 10.8. The quantitative estimate of drug-likeness (QED) is 0.410. The summed E-state index contributed by atoms with van der Waals surface area (Å²) in [4.78, 5) is 32.6. The van der Waals surface area contributed by atoms with Crippen molar-refractivity contribution in [3.05, 3.63) is 123 Å². The molecule has 33 heavy (non-hydrogen) atoms. The summed E-state index contributed by atoms with van der Waals surface area (Å²) in [6.45, 7) is 2.67. The molecule has 0 unspecified atom stereocenters. The van der Waals surface area contributed by atoms with E-state index in [1.54, 1.807) is 31.6 Å². The molecule has 6 heteroatoms. The summed E-state index contributed by atoms with van der Waals surface area (Å²) in [7, 11) is 1.69. The Hall–Kier alpha value is -3.93. The van der Waals surface area contributed by atoms with Gasteiger partial charge in [0, 0.05) is 30.7 Å². The number of aromatic nitrogens is 2. The minimum atomic E-state index is -0.311. The topological polar surface area (TPSA) is 68.3 Å². The van der Waals surface area contributed by atoms with Crippen molar-refractivity contribution in [2.24, 2.45) is 0 Å². The molecule has 3 heterocycles. The summed E-state index contributed by atoms with van der Waals surface area (Å²) >= 11 is 0. The Morgan fingerprint density at radius 2 is 1.82 bits per heavy atom. The van der Waals surface area contributed by atoms with Crippen LogP contribution in [0.15, 0.2) is 88.4 Å². The number of aryl methyl sites for hydroxylation is 2. The first-order valence-electron chi connectivity index (χ1n) is 11.0. The fourth-order valence-corrected chi connectivity index (χ4v) is 4.00. The van der Waals surface area contributed by atoms with Gasteiger partial charge in [0.15, 0.2) is 5.43 Å². The molecule has 4 aromatic rings. The number of hydrogen-bond acceptors (Lipinski definition) is 4. The van der Waals surface area contributed by atoms with E-state index in [0.717, 1.165) is 22.6 Å². The molecule has 0 radical (unpaired) electrons. The third-order valence-corrected chi connectivity index (χ3v) is 5.70. The van der Waals surface area contributed by atoms with Crippen LogP contribution < -0.4 is 5.43 Å². The molecular weight excluding hydrogens is 414 g/mol. The Bertz CT molecular complexity index is 1260. The largest absolute Gasteiger partial charge is 0.467 e.